The maximum absolute atomic E-state index is 13.1. The number of benzene rings is 2. The fourth-order valence-electron chi connectivity index (χ4n) is 3.72. The first-order valence-corrected chi connectivity index (χ1v) is 11.0. The van der Waals surface area contributed by atoms with Crippen LogP contribution >= 0.6 is 11.6 Å². The van der Waals surface area contributed by atoms with Crippen LogP contribution in [0.15, 0.2) is 48.5 Å². The third-order valence-corrected chi connectivity index (χ3v) is 5.96. The molecule has 2 amide bonds. The molecule has 3 rings (SSSR count). The van der Waals surface area contributed by atoms with E-state index in [1.807, 2.05) is 18.2 Å². The maximum atomic E-state index is 13.1. The summed E-state index contributed by atoms with van der Waals surface area (Å²) in [6.07, 6.45) is 5.33. The van der Waals surface area contributed by atoms with Crippen molar-refractivity contribution in [3.05, 3.63) is 64.9 Å². The molecular formula is C24H28ClFN2O3. The van der Waals surface area contributed by atoms with Gasteiger partial charge < -0.3 is 15.0 Å². The molecule has 0 bridgehead atoms. The molecule has 7 heteroatoms. The molecule has 2 aromatic carbocycles. The molecule has 1 fully saturated rings. The van der Waals surface area contributed by atoms with E-state index >= 15 is 0 Å². The highest BCUT2D eigenvalue weighted by atomic mass is 35.5. The van der Waals surface area contributed by atoms with E-state index in [-0.39, 0.29) is 36.8 Å². The number of amides is 2. The van der Waals surface area contributed by atoms with E-state index in [0.29, 0.717) is 10.8 Å². The lowest BCUT2D eigenvalue weighted by Gasteiger charge is -2.31. The first kappa shape index (κ1) is 23.1. The van der Waals surface area contributed by atoms with Crippen LogP contribution < -0.4 is 10.1 Å². The zero-order valence-corrected chi connectivity index (χ0v) is 18.4. The molecule has 166 valence electrons. The first-order chi connectivity index (χ1) is 14.9. The number of nitrogens with one attached hydrogen (secondary N) is 1. The van der Waals surface area contributed by atoms with Crippen LogP contribution in [0.2, 0.25) is 5.02 Å². The predicted molar refractivity (Wildman–Crippen MR) is 118 cm³/mol. The van der Waals surface area contributed by atoms with E-state index in [4.69, 9.17) is 16.3 Å². The van der Waals surface area contributed by atoms with Crippen LogP contribution in [0, 0.1) is 5.82 Å². The van der Waals surface area contributed by atoms with Gasteiger partial charge in [-0.2, -0.15) is 0 Å². The van der Waals surface area contributed by atoms with Gasteiger partial charge in [0.05, 0.1) is 0 Å². The summed E-state index contributed by atoms with van der Waals surface area (Å²) in [5, 5.41) is 3.61. The van der Waals surface area contributed by atoms with Gasteiger partial charge in [0.2, 0.25) is 5.91 Å². The molecule has 5 nitrogen and oxygen atoms in total. The van der Waals surface area contributed by atoms with Crippen molar-refractivity contribution in [2.45, 2.75) is 57.7 Å². The highest BCUT2D eigenvalue weighted by Gasteiger charge is 2.28. The third kappa shape index (κ3) is 6.69. The van der Waals surface area contributed by atoms with Crippen molar-refractivity contribution in [2.24, 2.45) is 0 Å². The Morgan fingerprint density at radius 3 is 2.48 bits per heavy atom. The van der Waals surface area contributed by atoms with Crippen molar-refractivity contribution >= 4 is 23.4 Å². The van der Waals surface area contributed by atoms with Gasteiger partial charge in [-0.1, -0.05) is 49.1 Å². The highest BCUT2D eigenvalue weighted by molar-refractivity contribution is 6.31. The molecule has 0 aliphatic heterocycles. The number of carbonyl (C=O) groups is 2. The van der Waals surface area contributed by atoms with Crippen LogP contribution in [0.25, 0.3) is 0 Å². The minimum atomic E-state index is -0.692. The Hall–Kier alpha value is -2.60. The van der Waals surface area contributed by atoms with Crippen molar-refractivity contribution in [2.75, 3.05) is 6.61 Å². The average Bonchev–Trinajstić information content (AvgIpc) is 2.78. The Morgan fingerprint density at radius 2 is 1.81 bits per heavy atom. The number of carbonyl (C=O) groups excluding carboxylic acids is 2. The van der Waals surface area contributed by atoms with E-state index < -0.39 is 6.04 Å². The second kappa shape index (κ2) is 11.1. The summed E-state index contributed by atoms with van der Waals surface area (Å²) in [6, 6.07) is 12.1. The van der Waals surface area contributed by atoms with E-state index in [9.17, 15) is 14.0 Å². The monoisotopic (exact) mass is 446 g/mol. The second-order valence-corrected chi connectivity index (χ2v) is 8.28. The van der Waals surface area contributed by atoms with Crippen molar-refractivity contribution < 1.29 is 18.7 Å². The van der Waals surface area contributed by atoms with Crippen LogP contribution in [-0.4, -0.2) is 35.4 Å². The van der Waals surface area contributed by atoms with Crippen molar-refractivity contribution in [1.29, 1.82) is 0 Å². The number of ether oxygens (including phenoxy) is 1. The topological polar surface area (TPSA) is 58.6 Å². The zero-order valence-electron chi connectivity index (χ0n) is 17.7. The molecular weight excluding hydrogens is 419 g/mol. The van der Waals surface area contributed by atoms with Gasteiger partial charge in [0.1, 0.15) is 17.6 Å². The second-order valence-electron chi connectivity index (χ2n) is 7.88. The van der Waals surface area contributed by atoms with Crippen molar-refractivity contribution in [1.82, 2.24) is 10.2 Å². The van der Waals surface area contributed by atoms with Gasteiger partial charge >= 0.3 is 0 Å². The van der Waals surface area contributed by atoms with Gasteiger partial charge in [-0.3, -0.25) is 9.59 Å². The van der Waals surface area contributed by atoms with E-state index in [2.05, 4.69) is 5.32 Å². The molecule has 1 atom stereocenters. The zero-order chi connectivity index (χ0) is 22.2. The summed E-state index contributed by atoms with van der Waals surface area (Å²) in [5.74, 6) is -0.539. The third-order valence-electron chi connectivity index (χ3n) is 5.59. The van der Waals surface area contributed by atoms with Crippen molar-refractivity contribution in [3.63, 3.8) is 0 Å². The average molecular weight is 447 g/mol. The minimum absolute atomic E-state index is 0.149. The fraction of sp³-hybridized carbons (Fsp3) is 0.417. The largest absolute Gasteiger partial charge is 0.484 e. The lowest BCUT2D eigenvalue weighted by Crippen LogP contribution is -2.51. The number of hydrogen-bond acceptors (Lipinski definition) is 3. The molecule has 2 aromatic rings. The Morgan fingerprint density at radius 1 is 1.13 bits per heavy atom. The quantitative estimate of drug-likeness (QED) is 0.638. The normalized spacial score (nSPS) is 15.2. The van der Waals surface area contributed by atoms with Crippen LogP contribution in [0.5, 0.6) is 5.75 Å². The molecule has 31 heavy (non-hydrogen) atoms. The van der Waals surface area contributed by atoms with Crippen molar-refractivity contribution in [3.8, 4) is 5.75 Å². The molecule has 0 aromatic heterocycles. The molecule has 1 saturated carbocycles. The van der Waals surface area contributed by atoms with Gasteiger partial charge in [0, 0.05) is 17.6 Å². The molecule has 1 N–H and O–H groups in total. The molecule has 0 heterocycles. The Kier molecular flexibility index (Phi) is 8.29. The van der Waals surface area contributed by atoms with Gasteiger partial charge in [0.25, 0.3) is 5.91 Å². The Labute approximate surface area is 187 Å². The smallest absolute Gasteiger partial charge is 0.261 e. The number of halogens is 2. The highest BCUT2D eigenvalue weighted by Crippen LogP contribution is 2.21. The SMILES string of the molecule is CC(C(=O)NC1CCCCC1)N(Cc1ccccc1Cl)C(=O)COc1ccc(F)cc1. The number of nitrogens with zero attached hydrogens (tertiary/aromatic N) is 1. The maximum Gasteiger partial charge on any atom is 0.261 e. The van der Waals surface area contributed by atoms with E-state index in [1.54, 1.807) is 13.0 Å². The Balaban J connectivity index is 1.71. The summed E-state index contributed by atoms with van der Waals surface area (Å²) in [7, 11) is 0. The summed E-state index contributed by atoms with van der Waals surface area (Å²) >= 11 is 6.30. The predicted octanol–water partition coefficient (Wildman–Crippen LogP) is 4.72. The minimum Gasteiger partial charge on any atom is -0.484 e. The molecule has 1 aliphatic carbocycles. The molecule has 1 unspecified atom stereocenters. The molecule has 0 saturated heterocycles. The molecule has 0 radical (unpaired) electrons. The lowest BCUT2D eigenvalue weighted by atomic mass is 9.95. The summed E-state index contributed by atoms with van der Waals surface area (Å²) < 4.78 is 18.6. The van der Waals surface area contributed by atoms with Crippen LogP contribution in [0.1, 0.15) is 44.6 Å². The van der Waals surface area contributed by atoms with E-state index in [1.165, 1.54) is 35.6 Å². The van der Waals surface area contributed by atoms with E-state index in [0.717, 1.165) is 31.2 Å². The first-order valence-electron chi connectivity index (χ1n) is 10.7. The summed E-state index contributed by atoms with van der Waals surface area (Å²) in [5.41, 5.74) is 0.747. The van der Waals surface area contributed by atoms with Gasteiger partial charge in [-0.05, 0) is 55.7 Å². The summed E-state index contributed by atoms with van der Waals surface area (Å²) in [4.78, 5) is 27.4. The fourth-order valence-corrected chi connectivity index (χ4v) is 3.92. The summed E-state index contributed by atoms with van der Waals surface area (Å²) in [6.45, 7) is 1.63. The van der Waals surface area contributed by atoms with Crippen LogP contribution in [-0.2, 0) is 16.1 Å². The Bertz CT molecular complexity index is 885. The standard InChI is InChI=1S/C24H28ClFN2O3/c1-17(24(30)27-20-8-3-2-4-9-20)28(15-18-7-5-6-10-22(18)25)23(29)16-31-21-13-11-19(26)12-14-21/h5-7,10-14,17,20H,2-4,8-9,15-16H2,1H3,(H,27,30). The van der Waals surface area contributed by atoms with Gasteiger partial charge in [0.15, 0.2) is 6.61 Å². The lowest BCUT2D eigenvalue weighted by molar-refractivity contribution is -0.142. The van der Waals surface area contributed by atoms with Crippen LogP contribution in [0.3, 0.4) is 0 Å². The van der Waals surface area contributed by atoms with Gasteiger partial charge in [-0.15, -0.1) is 0 Å². The van der Waals surface area contributed by atoms with Crippen LogP contribution in [0.4, 0.5) is 4.39 Å². The van der Waals surface area contributed by atoms with Gasteiger partial charge in [-0.25, -0.2) is 4.39 Å². The molecule has 1 aliphatic rings. The molecule has 0 spiro atoms. The number of rotatable bonds is 8. The number of hydrogen-bond donors (Lipinski definition) is 1.